The van der Waals surface area contributed by atoms with Crippen LogP contribution in [0.3, 0.4) is 0 Å². The fourth-order valence-corrected chi connectivity index (χ4v) is 6.13. The van der Waals surface area contributed by atoms with Gasteiger partial charge in [0.2, 0.25) is 0 Å². The summed E-state index contributed by atoms with van der Waals surface area (Å²) in [6.45, 7) is 4.33. The van der Waals surface area contributed by atoms with Crippen molar-refractivity contribution in [2.45, 2.75) is 154 Å². The zero-order valence-corrected chi connectivity index (χ0v) is 23.6. The van der Waals surface area contributed by atoms with E-state index in [1.807, 2.05) is 6.20 Å². The van der Waals surface area contributed by atoms with E-state index in [1.54, 1.807) is 0 Å². The molecule has 214 valence electrons. The van der Waals surface area contributed by atoms with Crippen LogP contribution in [0.4, 0.5) is 0 Å². The van der Waals surface area contributed by atoms with E-state index in [1.165, 1.54) is 31.2 Å². The van der Waals surface area contributed by atoms with Gasteiger partial charge in [-0.15, -0.1) is 0 Å². The summed E-state index contributed by atoms with van der Waals surface area (Å²) in [6, 6.07) is 2.17. The molecule has 1 aromatic heterocycles. The predicted octanol–water partition coefficient (Wildman–Crippen LogP) is 6.55. The average molecular weight is 522 g/mol. The van der Waals surface area contributed by atoms with Crippen LogP contribution in [0.25, 0.3) is 0 Å². The van der Waals surface area contributed by atoms with Crippen molar-refractivity contribution in [3.05, 3.63) is 23.5 Å². The van der Waals surface area contributed by atoms with Crippen LogP contribution in [-0.4, -0.2) is 49.2 Å². The fourth-order valence-electron chi connectivity index (χ4n) is 6.13. The Morgan fingerprint density at radius 2 is 1.65 bits per heavy atom. The number of H-pyrrole nitrogens is 1. The highest BCUT2D eigenvalue weighted by atomic mass is 16.4. The Labute approximate surface area is 225 Å². The van der Waals surface area contributed by atoms with Crippen LogP contribution in [0, 0.1) is 11.8 Å². The van der Waals surface area contributed by atoms with Crippen LogP contribution < -0.4 is 0 Å². The zero-order valence-electron chi connectivity index (χ0n) is 23.6. The number of rotatable bonds is 21. The quantitative estimate of drug-likeness (QED) is 0.118. The molecule has 1 fully saturated rings. The second-order valence-corrected chi connectivity index (χ2v) is 11.7. The van der Waals surface area contributed by atoms with E-state index in [2.05, 4.69) is 24.9 Å². The van der Waals surface area contributed by atoms with Crippen molar-refractivity contribution in [2.75, 3.05) is 0 Å². The lowest BCUT2D eigenvalue weighted by atomic mass is 9.81. The summed E-state index contributed by atoms with van der Waals surface area (Å²) in [6.07, 6.45) is 17.9. The topological polar surface area (TPSA) is 114 Å². The summed E-state index contributed by atoms with van der Waals surface area (Å²) >= 11 is 0. The smallest absolute Gasteiger partial charge is 0.309 e. The molecule has 5 N–H and O–H groups in total. The van der Waals surface area contributed by atoms with Gasteiger partial charge in [0.1, 0.15) is 0 Å². The van der Waals surface area contributed by atoms with Gasteiger partial charge in [-0.2, -0.15) is 0 Å². The molecule has 1 aliphatic carbocycles. The van der Waals surface area contributed by atoms with Gasteiger partial charge in [-0.05, 0) is 75.3 Å². The Bertz CT molecular complexity index is 750. The van der Waals surface area contributed by atoms with Crippen molar-refractivity contribution in [2.24, 2.45) is 11.8 Å². The lowest BCUT2D eigenvalue weighted by molar-refractivity contribution is -0.146. The van der Waals surface area contributed by atoms with Crippen molar-refractivity contribution < 1.29 is 25.2 Å². The van der Waals surface area contributed by atoms with Crippen LogP contribution in [0.2, 0.25) is 0 Å². The number of aliphatic hydroxyl groups is 3. The molecule has 6 heteroatoms. The van der Waals surface area contributed by atoms with Crippen LogP contribution in [0.5, 0.6) is 0 Å². The molecule has 0 saturated heterocycles. The number of hydrogen-bond donors (Lipinski definition) is 5. The number of aromatic nitrogens is 1. The molecule has 1 aliphatic rings. The Morgan fingerprint density at radius 3 is 2.24 bits per heavy atom. The summed E-state index contributed by atoms with van der Waals surface area (Å²) in [5.74, 6) is -1.59. The second kappa shape index (κ2) is 17.3. The summed E-state index contributed by atoms with van der Waals surface area (Å²) in [5, 5.41) is 42.0. The number of carboxylic acid groups (broad SMARTS) is 1. The minimum atomic E-state index is -0.945. The van der Waals surface area contributed by atoms with Crippen LogP contribution in [0.15, 0.2) is 12.3 Å². The zero-order chi connectivity index (χ0) is 27.1. The van der Waals surface area contributed by atoms with E-state index in [-0.39, 0.29) is 12.0 Å². The van der Waals surface area contributed by atoms with Gasteiger partial charge in [0.05, 0.1) is 23.7 Å². The summed E-state index contributed by atoms with van der Waals surface area (Å²) in [7, 11) is 0. The van der Waals surface area contributed by atoms with Crippen molar-refractivity contribution in [1.82, 2.24) is 4.98 Å². The lowest BCUT2D eigenvalue weighted by Gasteiger charge is -2.32. The molecule has 0 aromatic carbocycles. The Balaban J connectivity index is 1.67. The minimum absolute atomic E-state index is 0.137. The van der Waals surface area contributed by atoms with Gasteiger partial charge in [0.25, 0.3) is 0 Å². The van der Waals surface area contributed by atoms with Crippen LogP contribution in [0.1, 0.15) is 134 Å². The van der Waals surface area contributed by atoms with Gasteiger partial charge < -0.3 is 25.4 Å². The number of aliphatic hydroxyl groups excluding tert-OH is 2. The SMILES string of the molecule is CCCCCCC[C@H](O)CCCCCC[C@H](C(=O)O)[C@H](O)CC[C@@]1(O)CCC[C@H]1Cc1cc(CC)c[nH]1. The van der Waals surface area contributed by atoms with Gasteiger partial charge >= 0.3 is 5.97 Å². The third-order valence-electron chi connectivity index (χ3n) is 8.70. The number of nitrogens with one attached hydrogen (secondary N) is 1. The molecule has 1 heterocycles. The van der Waals surface area contributed by atoms with Gasteiger partial charge in [0, 0.05) is 11.9 Å². The highest BCUT2D eigenvalue weighted by molar-refractivity contribution is 5.70. The molecule has 1 saturated carbocycles. The molecule has 2 rings (SSSR count). The molecular formula is C31H55NO5. The number of aryl methyl sites for hydroxylation is 1. The van der Waals surface area contributed by atoms with Crippen molar-refractivity contribution >= 4 is 5.97 Å². The average Bonchev–Trinajstić information content (AvgIpc) is 3.48. The van der Waals surface area contributed by atoms with E-state index >= 15 is 0 Å². The Kier molecular flexibility index (Phi) is 14.9. The van der Waals surface area contributed by atoms with Crippen molar-refractivity contribution in [3.63, 3.8) is 0 Å². The molecule has 37 heavy (non-hydrogen) atoms. The predicted molar refractivity (Wildman–Crippen MR) is 150 cm³/mol. The molecule has 0 spiro atoms. The first-order valence-corrected chi connectivity index (χ1v) is 15.3. The molecule has 0 unspecified atom stereocenters. The minimum Gasteiger partial charge on any atom is -0.481 e. The summed E-state index contributed by atoms with van der Waals surface area (Å²) in [4.78, 5) is 15.2. The maximum atomic E-state index is 11.9. The summed E-state index contributed by atoms with van der Waals surface area (Å²) < 4.78 is 0. The maximum absolute atomic E-state index is 11.9. The first-order chi connectivity index (χ1) is 17.8. The molecule has 1 aromatic rings. The number of unbranched alkanes of at least 4 members (excludes halogenated alkanes) is 7. The monoisotopic (exact) mass is 521 g/mol. The lowest BCUT2D eigenvalue weighted by Crippen LogP contribution is -2.37. The molecule has 5 atom stereocenters. The van der Waals surface area contributed by atoms with Gasteiger partial charge in [0.15, 0.2) is 0 Å². The normalized spacial score (nSPS) is 22.2. The van der Waals surface area contributed by atoms with Gasteiger partial charge in [-0.25, -0.2) is 0 Å². The van der Waals surface area contributed by atoms with Crippen LogP contribution >= 0.6 is 0 Å². The largest absolute Gasteiger partial charge is 0.481 e. The van der Waals surface area contributed by atoms with E-state index in [4.69, 9.17) is 0 Å². The number of aliphatic carboxylic acids is 1. The van der Waals surface area contributed by atoms with Gasteiger partial charge in [-0.1, -0.05) is 78.1 Å². The molecule has 0 amide bonds. The first kappa shape index (κ1) is 31.8. The van der Waals surface area contributed by atoms with Crippen molar-refractivity contribution in [3.8, 4) is 0 Å². The third kappa shape index (κ3) is 11.5. The van der Waals surface area contributed by atoms with E-state index in [0.29, 0.717) is 25.7 Å². The molecule has 0 radical (unpaired) electrons. The number of hydrogen-bond acceptors (Lipinski definition) is 4. The third-order valence-corrected chi connectivity index (χ3v) is 8.70. The second-order valence-electron chi connectivity index (χ2n) is 11.7. The van der Waals surface area contributed by atoms with E-state index < -0.39 is 23.6 Å². The molecule has 0 bridgehead atoms. The van der Waals surface area contributed by atoms with E-state index in [0.717, 1.165) is 76.3 Å². The maximum Gasteiger partial charge on any atom is 0.309 e. The first-order valence-electron chi connectivity index (χ1n) is 15.3. The van der Waals surface area contributed by atoms with Crippen LogP contribution in [-0.2, 0) is 17.6 Å². The standard InChI is InChI=1S/C31H55NO5/c1-3-5-6-7-10-15-27(33)16-11-8-9-12-17-28(30(35)36)29(34)18-20-31(37)19-13-14-25(31)22-26-21-24(4-2)23-32-26/h21,23,25,27-29,32-34,37H,3-20,22H2,1-2H3,(H,35,36)/t25-,27-,28-,29+,31-/m0/s1. The number of carboxylic acids is 1. The highest BCUT2D eigenvalue weighted by Crippen LogP contribution is 2.41. The Hall–Kier alpha value is -1.37. The molecular weight excluding hydrogens is 466 g/mol. The summed E-state index contributed by atoms with van der Waals surface area (Å²) in [5.41, 5.74) is 1.58. The number of aromatic amines is 1. The Morgan fingerprint density at radius 1 is 1.00 bits per heavy atom. The fraction of sp³-hybridized carbons (Fsp3) is 0.839. The highest BCUT2D eigenvalue weighted by Gasteiger charge is 2.41. The van der Waals surface area contributed by atoms with Crippen molar-refractivity contribution in [1.29, 1.82) is 0 Å². The molecule has 6 nitrogen and oxygen atoms in total. The van der Waals surface area contributed by atoms with Gasteiger partial charge in [-0.3, -0.25) is 4.79 Å². The van der Waals surface area contributed by atoms with E-state index in [9.17, 15) is 25.2 Å². The number of carbonyl (C=O) groups is 1. The molecule has 0 aliphatic heterocycles.